The Morgan fingerprint density at radius 2 is 1.86 bits per heavy atom. The number of carboxylic acids is 1. The smallest absolute Gasteiger partial charge is 0.305 e. The monoisotopic (exact) mass is 303 g/mol. The van der Waals surface area contributed by atoms with Crippen LogP contribution in [0.5, 0.6) is 0 Å². The Balaban J connectivity index is 2.04. The number of carbonyl (C=O) groups excluding carboxylic acids is 1. The van der Waals surface area contributed by atoms with E-state index in [1.54, 1.807) is 4.90 Å². The third kappa shape index (κ3) is 4.33. The Kier molecular flexibility index (Phi) is 5.58. The van der Waals surface area contributed by atoms with Crippen molar-refractivity contribution in [1.29, 1.82) is 0 Å². The van der Waals surface area contributed by atoms with E-state index in [4.69, 9.17) is 5.11 Å². The molecule has 0 aromatic heterocycles. The highest BCUT2D eigenvalue weighted by Gasteiger charge is 2.19. The molecule has 0 heterocycles. The van der Waals surface area contributed by atoms with Gasteiger partial charge in [-0.3, -0.25) is 9.59 Å². The molecule has 1 aromatic carbocycles. The molecule has 120 valence electrons. The molecule has 1 N–H and O–H groups in total. The summed E-state index contributed by atoms with van der Waals surface area (Å²) in [4.78, 5) is 24.9. The number of carbonyl (C=O) groups is 2. The molecule has 0 radical (unpaired) electrons. The third-order valence-electron chi connectivity index (χ3n) is 4.28. The fourth-order valence-corrected chi connectivity index (χ4v) is 3.06. The van der Waals surface area contributed by atoms with Crippen LogP contribution in [0.3, 0.4) is 0 Å². The number of aryl methyl sites for hydroxylation is 2. The number of benzene rings is 1. The minimum absolute atomic E-state index is 0.00585. The van der Waals surface area contributed by atoms with Gasteiger partial charge in [0.15, 0.2) is 0 Å². The first-order chi connectivity index (χ1) is 10.5. The van der Waals surface area contributed by atoms with E-state index in [0.717, 1.165) is 18.4 Å². The summed E-state index contributed by atoms with van der Waals surface area (Å²) in [5, 5.41) is 8.81. The molecule has 1 amide bonds. The molecule has 2 rings (SSSR count). The van der Waals surface area contributed by atoms with Crippen LogP contribution in [0, 0.1) is 0 Å². The summed E-state index contributed by atoms with van der Waals surface area (Å²) < 4.78 is 0. The standard InChI is InChI=1S/C18H25NO3/c1-13(2)19(10-9-18(21)22)17(20)12-14-7-8-15-5-3-4-6-16(15)11-14/h7-8,11,13H,3-6,9-10,12H2,1-2H3,(H,21,22). The first-order valence-electron chi connectivity index (χ1n) is 8.09. The zero-order chi connectivity index (χ0) is 16.1. The van der Waals surface area contributed by atoms with Crippen LogP contribution in [-0.4, -0.2) is 34.5 Å². The van der Waals surface area contributed by atoms with E-state index in [9.17, 15) is 9.59 Å². The molecule has 0 bridgehead atoms. The van der Waals surface area contributed by atoms with E-state index in [2.05, 4.69) is 12.1 Å². The maximum Gasteiger partial charge on any atom is 0.305 e. The number of nitrogens with zero attached hydrogens (tertiary/aromatic N) is 1. The van der Waals surface area contributed by atoms with E-state index in [1.807, 2.05) is 19.9 Å². The molecule has 1 aliphatic carbocycles. The van der Waals surface area contributed by atoms with Gasteiger partial charge in [0, 0.05) is 12.6 Å². The highest BCUT2D eigenvalue weighted by Crippen LogP contribution is 2.22. The van der Waals surface area contributed by atoms with Gasteiger partial charge in [-0.05, 0) is 56.2 Å². The number of carboxylic acid groups (broad SMARTS) is 1. The molecule has 4 nitrogen and oxygen atoms in total. The Morgan fingerprint density at radius 3 is 2.50 bits per heavy atom. The van der Waals surface area contributed by atoms with Gasteiger partial charge in [0.05, 0.1) is 12.8 Å². The highest BCUT2D eigenvalue weighted by atomic mass is 16.4. The Labute approximate surface area is 132 Å². The summed E-state index contributed by atoms with van der Waals surface area (Å²) in [6.45, 7) is 4.12. The summed E-state index contributed by atoms with van der Waals surface area (Å²) in [7, 11) is 0. The van der Waals surface area contributed by atoms with Crippen LogP contribution in [0.15, 0.2) is 18.2 Å². The van der Waals surface area contributed by atoms with Gasteiger partial charge in [0.1, 0.15) is 0 Å². The molecule has 0 unspecified atom stereocenters. The number of hydrogen-bond acceptors (Lipinski definition) is 2. The van der Waals surface area contributed by atoms with Crippen LogP contribution < -0.4 is 0 Å². The zero-order valence-electron chi connectivity index (χ0n) is 13.5. The number of fused-ring (bicyclic) bond motifs is 1. The van der Waals surface area contributed by atoms with Crippen molar-refractivity contribution in [2.75, 3.05) is 6.54 Å². The van der Waals surface area contributed by atoms with Crippen LogP contribution in [0.2, 0.25) is 0 Å². The van der Waals surface area contributed by atoms with Crippen LogP contribution in [0.1, 0.15) is 49.8 Å². The average molecular weight is 303 g/mol. The van der Waals surface area contributed by atoms with Crippen LogP contribution in [0.25, 0.3) is 0 Å². The highest BCUT2D eigenvalue weighted by molar-refractivity contribution is 5.79. The molecule has 0 saturated carbocycles. The SMILES string of the molecule is CC(C)N(CCC(=O)O)C(=O)Cc1ccc2c(c1)CCCC2. The van der Waals surface area contributed by atoms with Crippen LogP contribution >= 0.6 is 0 Å². The second kappa shape index (κ2) is 7.43. The summed E-state index contributed by atoms with van der Waals surface area (Å²) in [6.07, 6.45) is 5.06. The van der Waals surface area contributed by atoms with Gasteiger partial charge >= 0.3 is 5.97 Å². The first kappa shape index (κ1) is 16.5. The average Bonchev–Trinajstić information content (AvgIpc) is 2.46. The summed E-state index contributed by atoms with van der Waals surface area (Å²) in [5.41, 5.74) is 3.82. The van der Waals surface area contributed by atoms with Crippen LogP contribution in [-0.2, 0) is 28.9 Å². The van der Waals surface area contributed by atoms with Crippen molar-refractivity contribution in [3.8, 4) is 0 Å². The minimum atomic E-state index is -0.868. The lowest BCUT2D eigenvalue weighted by Crippen LogP contribution is -2.39. The molecule has 0 aliphatic heterocycles. The van der Waals surface area contributed by atoms with Crippen molar-refractivity contribution in [2.45, 2.75) is 58.4 Å². The van der Waals surface area contributed by atoms with Crippen molar-refractivity contribution in [1.82, 2.24) is 4.90 Å². The molecule has 1 aromatic rings. The molecule has 4 heteroatoms. The van der Waals surface area contributed by atoms with E-state index in [0.29, 0.717) is 6.42 Å². The van der Waals surface area contributed by atoms with Gasteiger partial charge in [0.25, 0.3) is 0 Å². The quantitative estimate of drug-likeness (QED) is 0.879. The van der Waals surface area contributed by atoms with Crippen molar-refractivity contribution in [3.63, 3.8) is 0 Å². The lowest BCUT2D eigenvalue weighted by atomic mass is 9.90. The van der Waals surface area contributed by atoms with Crippen molar-refractivity contribution < 1.29 is 14.7 Å². The Morgan fingerprint density at radius 1 is 1.18 bits per heavy atom. The normalized spacial score (nSPS) is 13.8. The predicted molar refractivity (Wildman–Crippen MR) is 85.9 cm³/mol. The lowest BCUT2D eigenvalue weighted by molar-refractivity contribution is -0.139. The van der Waals surface area contributed by atoms with E-state index < -0.39 is 5.97 Å². The van der Waals surface area contributed by atoms with Crippen molar-refractivity contribution >= 4 is 11.9 Å². The van der Waals surface area contributed by atoms with Gasteiger partial charge < -0.3 is 10.0 Å². The molecule has 0 spiro atoms. The van der Waals surface area contributed by atoms with Gasteiger partial charge in [-0.2, -0.15) is 0 Å². The molecule has 0 atom stereocenters. The van der Waals surface area contributed by atoms with Crippen molar-refractivity contribution in [2.24, 2.45) is 0 Å². The maximum absolute atomic E-state index is 12.5. The number of amides is 1. The summed E-state index contributed by atoms with van der Waals surface area (Å²) >= 11 is 0. The molecule has 1 aliphatic rings. The second-order valence-electron chi connectivity index (χ2n) is 6.31. The Hall–Kier alpha value is -1.84. The maximum atomic E-state index is 12.5. The van der Waals surface area contributed by atoms with Crippen LogP contribution in [0.4, 0.5) is 0 Å². The Bertz CT molecular complexity index is 551. The lowest BCUT2D eigenvalue weighted by Gasteiger charge is -2.26. The van der Waals surface area contributed by atoms with E-state index in [1.165, 1.54) is 24.0 Å². The summed E-state index contributed by atoms with van der Waals surface area (Å²) in [5.74, 6) is -0.862. The van der Waals surface area contributed by atoms with Gasteiger partial charge in [-0.1, -0.05) is 18.2 Å². The fraction of sp³-hybridized carbons (Fsp3) is 0.556. The van der Waals surface area contributed by atoms with E-state index in [-0.39, 0.29) is 24.9 Å². The molecule has 22 heavy (non-hydrogen) atoms. The topological polar surface area (TPSA) is 57.6 Å². The predicted octanol–water partition coefficient (Wildman–Crippen LogP) is 2.82. The largest absolute Gasteiger partial charge is 0.481 e. The van der Waals surface area contributed by atoms with Gasteiger partial charge in [-0.25, -0.2) is 0 Å². The number of rotatable bonds is 6. The van der Waals surface area contributed by atoms with Gasteiger partial charge in [-0.15, -0.1) is 0 Å². The minimum Gasteiger partial charge on any atom is -0.481 e. The van der Waals surface area contributed by atoms with Gasteiger partial charge in [0.2, 0.25) is 5.91 Å². The first-order valence-corrected chi connectivity index (χ1v) is 8.09. The molecular weight excluding hydrogens is 278 g/mol. The summed E-state index contributed by atoms with van der Waals surface area (Å²) in [6, 6.07) is 6.36. The molecule has 0 saturated heterocycles. The fourth-order valence-electron chi connectivity index (χ4n) is 3.06. The zero-order valence-corrected chi connectivity index (χ0v) is 13.5. The third-order valence-corrected chi connectivity index (χ3v) is 4.28. The second-order valence-corrected chi connectivity index (χ2v) is 6.31. The molecular formula is C18H25NO3. The van der Waals surface area contributed by atoms with Crippen molar-refractivity contribution in [3.05, 3.63) is 34.9 Å². The van der Waals surface area contributed by atoms with E-state index >= 15 is 0 Å². The molecule has 0 fully saturated rings. The number of aliphatic carboxylic acids is 1. The number of hydrogen-bond donors (Lipinski definition) is 1.